The van der Waals surface area contributed by atoms with Gasteiger partial charge in [-0.2, -0.15) is 0 Å². The maximum atomic E-state index is 5.93. The molecule has 0 amide bonds. The van der Waals surface area contributed by atoms with Crippen molar-refractivity contribution in [3.8, 4) is 17.1 Å². The molecule has 0 spiro atoms. The monoisotopic (exact) mass is 398 g/mol. The van der Waals surface area contributed by atoms with Gasteiger partial charge in [0.05, 0.1) is 25.3 Å². The molecule has 1 fully saturated rings. The zero-order valence-electron chi connectivity index (χ0n) is 16.4. The Balaban J connectivity index is 1.68. The molecule has 7 heteroatoms. The van der Waals surface area contributed by atoms with Gasteiger partial charge in [0.25, 0.3) is 0 Å². The molecule has 1 aliphatic rings. The molecule has 6 nitrogen and oxygen atoms in total. The number of aromatic nitrogens is 3. The minimum Gasteiger partial charge on any atom is -0.496 e. The van der Waals surface area contributed by atoms with Crippen molar-refractivity contribution in [2.24, 2.45) is 0 Å². The van der Waals surface area contributed by atoms with E-state index < -0.39 is 0 Å². The second kappa shape index (κ2) is 8.75. The summed E-state index contributed by atoms with van der Waals surface area (Å²) in [5.74, 6) is 2.47. The smallest absolute Gasteiger partial charge is 0.227 e. The van der Waals surface area contributed by atoms with E-state index in [0.29, 0.717) is 0 Å². The van der Waals surface area contributed by atoms with Gasteiger partial charge in [-0.05, 0) is 42.8 Å². The first kappa shape index (κ1) is 19.0. The third-order valence-electron chi connectivity index (χ3n) is 5.07. The number of rotatable bonds is 7. The lowest BCUT2D eigenvalue weighted by molar-refractivity contribution is 0.0214. The maximum Gasteiger partial charge on any atom is 0.227 e. The van der Waals surface area contributed by atoms with Crippen LogP contribution in [0.1, 0.15) is 24.1 Å². The van der Waals surface area contributed by atoms with Crippen LogP contribution in [0, 0.1) is 0 Å². The van der Waals surface area contributed by atoms with Crippen molar-refractivity contribution in [1.29, 1.82) is 0 Å². The lowest BCUT2D eigenvalue weighted by atomic mass is 10.1. The Labute approximate surface area is 169 Å². The fourth-order valence-electron chi connectivity index (χ4n) is 3.65. The van der Waals surface area contributed by atoms with Crippen molar-refractivity contribution in [2.75, 3.05) is 32.2 Å². The van der Waals surface area contributed by atoms with Crippen molar-refractivity contribution >= 4 is 17.3 Å². The largest absolute Gasteiger partial charge is 0.496 e. The zero-order chi connectivity index (χ0) is 19.3. The van der Waals surface area contributed by atoms with Gasteiger partial charge in [0.1, 0.15) is 5.75 Å². The van der Waals surface area contributed by atoms with Crippen LogP contribution in [-0.2, 0) is 11.3 Å². The minimum absolute atomic E-state index is 0.250. The first-order valence-corrected chi connectivity index (χ1v) is 10.6. The van der Waals surface area contributed by atoms with Crippen molar-refractivity contribution < 1.29 is 9.47 Å². The molecule has 1 atom stereocenters. The topological polar surface area (TPSA) is 52.4 Å². The number of ether oxygens (including phenoxy) is 2. The van der Waals surface area contributed by atoms with E-state index in [0.717, 1.165) is 55.6 Å². The second-order valence-electron chi connectivity index (χ2n) is 7.06. The van der Waals surface area contributed by atoms with Crippen LogP contribution >= 0.6 is 11.3 Å². The van der Waals surface area contributed by atoms with Crippen LogP contribution in [0.5, 0.6) is 5.75 Å². The standard InChI is InChI=1S/C21H26N4O2S/c1-24(14-16-8-5-6-12-27-16)21-23-22-20(18-10-3-4-11-19(18)26-2)25(21)15-17-9-7-13-28-17/h3-4,7,9-11,13,16H,5-6,8,12,14-15H2,1-2H3/t16-/m0/s1. The summed E-state index contributed by atoms with van der Waals surface area (Å²) in [7, 11) is 3.76. The van der Waals surface area contributed by atoms with E-state index in [1.54, 1.807) is 18.4 Å². The lowest BCUT2D eigenvalue weighted by Crippen LogP contribution is -2.34. The van der Waals surface area contributed by atoms with Gasteiger partial charge in [0, 0.05) is 25.1 Å². The van der Waals surface area contributed by atoms with Crippen LogP contribution in [0.2, 0.25) is 0 Å². The van der Waals surface area contributed by atoms with Gasteiger partial charge in [-0.3, -0.25) is 4.57 Å². The van der Waals surface area contributed by atoms with Crippen LogP contribution in [0.25, 0.3) is 11.4 Å². The van der Waals surface area contributed by atoms with E-state index in [1.165, 1.54) is 11.3 Å². The number of hydrogen-bond donors (Lipinski definition) is 0. The highest BCUT2D eigenvalue weighted by Gasteiger charge is 2.23. The molecule has 28 heavy (non-hydrogen) atoms. The third kappa shape index (κ3) is 4.05. The highest BCUT2D eigenvalue weighted by Crippen LogP contribution is 2.31. The first-order valence-electron chi connectivity index (χ1n) is 9.68. The zero-order valence-corrected chi connectivity index (χ0v) is 17.2. The number of thiophene rings is 1. The Morgan fingerprint density at radius 2 is 2.11 bits per heavy atom. The molecule has 4 rings (SSSR count). The molecule has 3 aromatic rings. The normalized spacial score (nSPS) is 16.9. The average Bonchev–Trinajstić information content (AvgIpc) is 3.39. The van der Waals surface area contributed by atoms with Crippen molar-refractivity contribution in [3.63, 3.8) is 0 Å². The summed E-state index contributed by atoms with van der Waals surface area (Å²) in [5, 5.41) is 11.2. The van der Waals surface area contributed by atoms with Gasteiger partial charge in [-0.25, -0.2) is 0 Å². The van der Waals surface area contributed by atoms with Crippen LogP contribution in [-0.4, -0.2) is 48.2 Å². The van der Waals surface area contributed by atoms with Crippen LogP contribution in [0.15, 0.2) is 41.8 Å². The number of likely N-dealkylation sites (N-methyl/N-ethyl adjacent to an activating group) is 1. The summed E-state index contributed by atoms with van der Waals surface area (Å²) in [4.78, 5) is 3.43. The molecular weight excluding hydrogens is 372 g/mol. The van der Waals surface area contributed by atoms with E-state index in [-0.39, 0.29) is 6.10 Å². The Kier molecular flexibility index (Phi) is 5.92. The van der Waals surface area contributed by atoms with Gasteiger partial charge in [0.2, 0.25) is 5.95 Å². The van der Waals surface area contributed by atoms with Crippen LogP contribution in [0.4, 0.5) is 5.95 Å². The van der Waals surface area contributed by atoms with Crippen molar-refractivity contribution in [3.05, 3.63) is 46.7 Å². The molecule has 0 bridgehead atoms. The summed E-state index contributed by atoms with van der Waals surface area (Å²) in [5.41, 5.74) is 0.947. The number of anilines is 1. The highest BCUT2D eigenvalue weighted by atomic mass is 32.1. The van der Waals surface area contributed by atoms with E-state index in [2.05, 4.69) is 44.2 Å². The molecule has 1 saturated heterocycles. The second-order valence-corrected chi connectivity index (χ2v) is 8.09. The van der Waals surface area contributed by atoms with Gasteiger partial charge < -0.3 is 14.4 Å². The van der Waals surface area contributed by atoms with E-state index in [9.17, 15) is 0 Å². The molecule has 0 radical (unpaired) electrons. The third-order valence-corrected chi connectivity index (χ3v) is 5.93. The predicted octanol–water partition coefficient (Wildman–Crippen LogP) is 4.07. The van der Waals surface area contributed by atoms with Crippen molar-refractivity contribution in [1.82, 2.24) is 14.8 Å². The Bertz CT molecular complexity index is 888. The molecule has 0 N–H and O–H groups in total. The van der Waals surface area contributed by atoms with Gasteiger partial charge in [0.15, 0.2) is 5.82 Å². The molecule has 1 aromatic carbocycles. The predicted molar refractivity (Wildman–Crippen MR) is 112 cm³/mol. The molecule has 0 unspecified atom stereocenters. The number of hydrogen-bond acceptors (Lipinski definition) is 6. The molecular formula is C21H26N4O2S. The van der Waals surface area contributed by atoms with Crippen LogP contribution < -0.4 is 9.64 Å². The fourth-order valence-corrected chi connectivity index (χ4v) is 4.34. The first-order chi connectivity index (χ1) is 13.8. The number of nitrogens with zero attached hydrogens (tertiary/aromatic N) is 4. The molecule has 0 aliphatic carbocycles. The fraction of sp³-hybridized carbons (Fsp3) is 0.429. The maximum absolute atomic E-state index is 5.93. The Morgan fingerprint density at radius 3 is 2.86 bits per heavy atom. The summed E-state index contributed by atoms with van der Waals surface area (Å²) >= 11 is 1.74. The number of para-hydroxylation sites is 1. The quantitative estimate of drug-likeness (QED) is 0.600. The minimum atomic E-state index is 0.250. The average molecular weight is 399 g/mol. The molecule has 2 aromatic heterocycles. The summed E-state index contributed by atoms with van der Waals surface area (Å²) in [6, 6.07) is 12.2. The Hall–Kier alpha value is -2.38. The van der Waals surface area contributed by atoms with Crippen molar-refractivity contribution in [2.45, 2.75) is 31.9 Å². The molecule has 148 valence electrons. The van der Waals surface area contributed by atoms with E-state index in [1.807, 2.05) is 24.3 Å². The summed E-state index contributed by atoms with van der Waals surface area (Å²) in [6.07, 6.45) is 3.74. The molecule has 0 saturated carbocycles. The van der Waals surface area contributed by atoms with Crippen LogP contribution in [0.3, 0.4) is 0 Å². The van der Waals surface area contributed by atoms with Gasteiger partial charge >= 0.3 is 0 Å². The summed E-state index contributed by atoms with van der Waals surface area (Å²) in [6.45, 7) is 2.39. The van der Waals surface area contributed by atoms with Gasteiger partial charge in [-0.15, -0.1) is 21.5 Å². The Morgan fingerprint density at radius 1 is 1.21 bits per heavy atom. The van der Waals surface area contributed by atoms with Gasteiger partial charge in [-0.1, -0.05) is 18.2 Å². The molecule has 3 heterocycles. The number of benzene rings is 1. The number of methoxy groups -OCH3 is 1. The SMILES string of the molecule is COc1ccccc1-c1nnc(N(C)C[C@@H]2CCCCO2)n1Cc1cccs1. The summed E-state index contributed by atoms with van der Waals surface area (Å²) < 4.78 is 13.7. The lowest BCUT2D eigenvalue weighted by Gasteiger charge is -2.28. The molecule has 1 aliphatic heterocycles. The van der Waals surface area contributed by atoms with E-state index in [4.69, 9.17) is 9.47 Å². The highest BCUT2D eigenvalue weighted by molar-refractivity contribution is 7.09. The van der Waals surface area contributed by atoms with E-state index >= 15 is 0 Å².